The Morgan fingerprint density at radius 3 is 2.87 bits per heavy atom. The van der Waals surface area contributed by atoms with Crippen LogP contribution in [-0.4, -0.2) is 31.7 Å². The second kappa shape index (κ2) is 7.61. The number of amides is 1. The van der Waals surface area contributed by atoms with Crippen molar-refractivity contribution < 1.29 is 9.21 Å². The fourth-order valence-electron chi connectivity index (χ4n) is 4.03. The number of pyridine rings is 1. The highest BCUT2D eigenvalue weighted by Gasteiger charge is 2.34. The van der Waals surface area contributed by atoms with Gasteiger partial charge in [-0.1, -0.05) is 29.8 Å². The van der Waals surface area contributed by atoms with E-state index in [1.54, 1.807) is 6.20 Å². The molecular weight excluding hydrogens is 400 g/mol. The summed E-state index contributed by atoms with van der Waals surface area (Å²) in [5.74, 6) is 1.28. The highest BCUT2D eigenvalue weighted by atomic mass is 35.5. The van der Waals surface area contributed by atoms with Crippen molar-refractivity contribution in [3.05, 3.63) is 88.5 Å². The molecule has 0 N–H and O–H groups in total. The number of aromatic nitrogens is 3. The van der Waals surface area contributed by atoms with Gasteiger partial charge < -0.3 is 13.7 Å². The quantitative estimate of drug-likeness (QED) is 0.473. The molecule has 0 spiro atoms. The van der Waals surface area contributed by atoms with Gasteiger partial charge in [0, 0.05) is 29.9 Å². The number of nitrogens with zero attached hydrogens (tertiary/aromatic N) is 4. The Bertz CT molecular complexity index is 1210. The first-order valence-corrected chi connectivity index (χ1v) is 10.4. The first kappa shape index (κ1) is 18.9. The van der Waals surface area contributed by atoms with Crippen LogP contribution in [0, 0.1) is 6.92 Å². The topological polar surface area (TPSA) is 63.6 Å². The second-order valence-electron chi connectivity index (χ2n) is 7.65. The van der Waals surface area contributed by atoms with Gasteiger partial charge in [-0.05, 0) is 49.6 Å². The number of likely N-dealkylation sites (tertiary alicyclic amines) is 1. The van der Waals surface area contributed by atoms with E-state index in [1.807, 2.05) is 64.9 Å². The van der Waals surface area contributed by atoms with Crippen molar-refractivity contribution in [2.24, 2.45) is 0 Å². The van der Waals surface area contributed by atoms with Gasteiger partial charge in [-0.15, -0.1) is 0 Å². The first-order valence-electron chi connectivity index (χ1n) is 10.0. The van der Waals surface area contributed by atoms with E-state index in [4.69, 9.17) is 16.0 Å². The van der Waals surface area contributed by atoms with Gasteiger partial charge in [0.05, 0.1) is 6.20 Å². The Balaban J connectivity index is 1.37. The van der Waals surface area contributed by atoms with Crippen molar-refractivity contribution in [1.29, 1.82) is 0 Å². The molecule has 1 aliphatic rings. The van der Waals surface area contributed by atoms with Crippen LogP contribution in [0.4, 0.5) is 0 Å². The number of benzene rings is 1. The molecule has 0 saturated carbocycles. The molecule has 3 aromatic heterocycles. The number of fused-ring (bicyclic) bond motifs is 1. The number of imidazole rings is 1. The summed E-state index contributed by atoms with van der Waals surface area (Å²) < 4.78 is 7.97. The van der Waals surface area contributed by atoms with E-state index in [2.05, 4.69) is 9.97 Å². The Labute approximate surface area is 179 Å². The minimum atomic E-state index is -0.164. The summed E-state index contributed by atoms with van der Waals surface area (Å²) in [4.78, 5) is 24.0. The van der Waals surface area contributed by atoms with Crippen LogP contribution in [0.3, 0.4) is 0 Å². The number of rotatable bonds is 4. The molecule has 7 heteroatoms. The third-order valence-electron chi connectivity index (χ3n) is 5.58. The minimum absolute atomic E-state index is 0.0851. The van der Waals surface area contributed by atoms with Gasteiger partial charge in [-0.3, -0.25) is 4.79 Å². The molecule has 0 bridgehead atoms. The summed E-state index contributed by atoms with van der Waals surface area (Å²) in [5, 5.41) is 0.708. The predicted octanol–water partition coefficient (Wildman–Crippen LogP) is 4.85. The Kier molecular flexibility index (Phi) is 4.79. The van der Waals surface area contributed by atoms with Crippen LogP contribution in [0.1, 0.15) is 52.3 Å². The van der Waals surface area contributed by atoms with Crippen LogP contribution in [-0.2, 0) is 6.42 Å². The number of carbonyl (C=O) groups excluding carboxylic acids is 1. The Morgan fingerprint density at radius 1 is 1.23 bits per heavy atom. The van der Waals surface area contributed by atoms with Gasteiger partial charge in [0.1, 0.15) is 23.1 Å². The summed E-state index contributed by atoms with van der Waals surface area (Å²) in [6.45, 7) is 2.67. The number of halogens is 1. The van der Waals surface area contributed by atoms with Gasteiger partial charge in [-0.25, -0.2) is 9.97 Å². The molecule has 1 atom stereocenters. The molecule has 0 radical (unpaired) electrons. The van der Waals surface area contributed by atoms with Crippen LogP contribution in [0.2, 0.25) is 5.02 Å². The molecule has 30 heavy (non-hydrogen) atoms. The van der Waals surface area contributed by atoms with Gasteiger partial charge in [-0.2, -0.15) is 0 Å². The summed E-state index contributed by atoms with van der Waals surface area (Å²) >= 11 is 5.96. The molecule has 5 rings (SSSR count). The number of carbonyl (C=O) groups is 1. The van der Waals surface area contributed by atoms with Crippen LogP contribution < -0.4 is 0 Å². The Morgan fingerprint density at radius 2 is 2.07 bits per heavy atom. The summed E-state index contributed by atoms with van der Waals surface area (Å²) in [6.07, 6.45) is 5.94. The van der Waals surface area contributed by atoms with Crippen LogP contribution in [0.15, 0.2) is 59.3 Å². The molecule has 0 aliphatic carbocycles. The molecule has 1 amide bonds. The van der Waals surface area contributed by atoms with Gasteiger partial charge in [0.15, 0.2) is 0 Å². The molecule has 1 aromatic carbocycles. The minimum Gasteiger partial charge on any atom is -0.443 e. The van der Waals surface area contributed by atoms with Crippen molar-refractivity contribution in [3.63, 3.8) is 0 Å². The van der Waals surface area contributed by atoms with Crippen molar-refractivity contribution in [2.45, 2.75) is 32.2 Å². The van der Waals surface area contributed by atoms with E-state index in [0.717, 1.165) is 35.5 Å². The van der Waals surface area contributed by atoms with Gasteiger partial charge >= 0.3 is 0 Å². The fourth-order valence-corrected chi connectivity index (χ4v) is 4.15. The van der Waals surface area contributed by atoms with E-state index in [1.165, 1.54) is 0 Å². The maximum absolute atomic E-state index is 13.2. The average Bonchev–Trinajstić information content (AvgIpc) is 3.48. The maximum Gasteiger partial charge on any atom is 0.274 e. The number of hydrogen-bond donors (Lipinski definition) is 0. The fraction of sp³-hybridized carbons (Fsp3) is 0.261. The lowest BCUT2D eigenvalue weighted by atomic mass is 10.1. The summed E-state index contributed by atoms with van der Waals surface area (Å²) in [6, 6.07) is 13.4. The molecular formula is C23H21ClN4O2. The van der Waals surface area contributed by atoms with Gasteiger partial charge in [0.2, 0.25) is 5.89 Å². The third kappa shape index (κ3) is 3.48. The highest BCUT2D eigenvalue weighted by molar-refractivity contribution is 6.30. The van der Waals surface area contributed by atoms with Crippen LogP contribution in [0.5, 0.6) is 0 Å². The average molecular weight is 421 g/mol. The van der Waals surface area contributed by atoms with E-state index >= 15 is 0 Å². The lowest BCUT2D eigenvalue weighted by Gasteiger charge is -2.21. The predicted molar refractivity (Wildman–Crippen MR) is 114 cm³/mol. The van der Waals surface area contributed by atoms with E-state index in [9.17, 15) is 4.79 Å². The molecule has 152 valence electrons. The van der Waals surface area contributed by atoms with Gasteiger partial charge in [0.25, 0.3) is 5.91 Å². The van der Waals surface area contributed by atoms with Crippen molar-refractivity contribution in [3.8, 4) is 0 Å². The summed E-state index contributed by atoms with van der Waals surface area (Å²) in [7, 11) is 0. The molecule has 1 aliphatic heterocycles. The molecule has 1 fully saturated rings. The highest BCUT2D eigenvalue weighted by Crippen LogP contribution is 2.33. The maximum atomic E-state index is 13.2. The standard InChI is InChI=1S/C23H21ClN4O2/c1-15-4-2-6-21-26-19(14-28(15)21)23(29)27-11-3-5-20(27)22-25-13-18(30-22)12-16-7-9-17(24)10-8-16/h2,4,6-10,13-14,20H,3,5,11-12H2,1H3. The zero-order valence-corrected chi connectivity index (χ0v) is 17.3. The third-order valence-corrected chi connectivity index (χ3v) is 5.83. The van der Waals surface area contributed by atoms with Crippen molar-refractivity contribution in [2.75, 3.05) is 6.54 Å². The van der Waals surface area contributed by atoms with Crippen LogP contribution >= 0.6 is 11.6 Å². The smallest absolute Gasteiger partial charge is 0.274 e. The van der Waals surface area contributed by atoms with E-state index < -0.39 is 0 Å². The van der Waals surface area contributed by atoms with E-state index in [0.29, 0.717) is 29.6 Å². The zero-order valence-electron chi connectivity index (χ0n) is 16.6. The van der Waals surface area contributed by atoms with Crippen molar-refractivity contribution in [1.82, 2.24) is 19.3 Å². The zero-order chi connectivity index (χ0) is 20.7. The second-order valence-corrected chi connectivity index (χ2v) is 8.08. The number of aryl methyl sites for hydroxylation is 1. The Hall–Kier alpha value is -3.12. The van der Waals surface area contributed by atoms with Crippen molar-refractivity contribution >= 4 is 23.2 Å². The lowest BCUT2D eigenvalue weighted by Crippen LogP contribution is -2.31. The summed E-state index contributed by atoms with van der Waals surface area (Å²) in [5.41, 5.74) is 3.36. The van der Waals surface area contributed by atoms with E-state index in [-0.39, 0.29) is 11.9 Å². The molecule has 4 heterocycles. The molecule has 1 saturated heterocycles. The largest absolute Gasteiger partial charge is 0.443 e. The monoisotopic (exact) mass is 420 g/mol. The first-order chi connectivity index (χ1) is 14.6. The number of hydrogen-bond acceptors (Lipinski definition) is 4. The normalized spacial score (nSPS) is 16.5. The lowest BCUT2D eigenvalue weighted by molar-refractivity contribution is 0.0709. The molecule has 6 nitrogen and oxygen atoms in total. The SMILES string of the molecule is Cc1cccc2nc(C(=O)N3CCCC3c3ncc(Cc4ccc(Cl)cc4)o3)cn12. The van der Waals surface area contributed by atoms with Crippen LogP contribution in [0.25, 0.3) is 5.65 Å². The molecule has 4 aromatic rings. The molecule has 1 unspecified atom stereocenters. The number of oxazole rings is 1.